The third kappa shape index (κ3) is 2.43. The summed E-state index contributed by atoms with van der Waals surface area (Å²) in [5.74, 6) is 3.84. The van der Waals surface area contributed by atoms with Gasteiger partial charge in [-0.1, -0.05) is 33.1 Å². The highest BCUT2D eigenvalue weighted by molar-refractivity contribution is 14.1. The molecule has 1 saturated carbocycles. The summed E-state index contributed by atoms with van der Waals surface area (Å²) in [5.41, 5.74) is 0. The van der Waals surface area contributed by atoms with Crippen molar-refractivity contribution in [1.29, 1.82) is 0 Å². The van der Waals surface area contributed by atoms with E-state index in [2.05, 4.69) is 46.7 Å². The van der Waals surface area contributed by atoms with E-state index in [0.29, 0.717) is 0 Å². The van der Waals surface area contributed by atoms with E-state index in [4.69, 9.17) is 0 Å². The second kappa shape index (κ2) is 5.55. The van der Waals surface area contributed by atoms with Gasteiger partial charge in [-0.05, 0) is 43.4 Å². The molecule has 2 heteroatoms. The van der Waals surface area contributed by atoms with Gasteiger partial charge in [-0.15, -0.1) is 0 Å². The molecule has 94 valence electrons. The molecule has 1 aliphatic carbocycles. The summed E-state index contributed by atoms with van der Waals surface area (Å²) >= 11 is 2.58. The Morgan fingerprint density at radius 2 is 1.88 bits per heavy atom. The number of rotatable bonds is 1. The lowest BCUT2D eigenvalue weighted by atomic mass is 9.69. The maximum absolute atomic E-state index is 2.61. The molecule has 0 aromatic carbocycles. The van der Waals surface area contributed by atoms with E-state index in [1.807, 2.05) is 0 Å². The molecule has 1 aliphatic heterocycles. The average Bonchev–Trinajstić information content (AvgIpc) is 2.37. The normalized spacial score (nSPS) is 46.1. The van der Waals surface area contributed by atoms with Crippen molar-refractivity contribution in [2.45, 2.75) is 58.9 Å². The third-order valence-electron chi connectivity index (χ3n) is 5.26. The van der Waals surface area contributed by atoms with Crippen LogP contribution in [0.15, 0.2) is 0 Å². The van der Waals surface area contributed by atoms with Crippen LogP contribution < -0.4 is 0 Å². The van der Waals surface area contributed by atoms with Crippen molar-refractivity contribution in [3.8, 4) is 0 Å². The lowest BCUT2D eigenvalue weighted by molar-refractivity contribution is 0.144. The fourth-order valence-electron chi connectivity index (χ4n) is 4.22. The highest BCUT2D eigenvalue weighted by Gasteiger charge is 2.40. The molecule has 16 heavy (non-hydrogen) atoms. The molecule has 0 amide bonds. The zero-order chi connectivity index (χ0) is 11.7. The minimum atomic E-state index is 0.770. The van der Waals surface area contributed by atoms with Gasteiger partial charge in [0.25, 0.3) is 0 Å². The Balaban J connectivity index is 2.18. The predicted octanol–water partition coefficient (Wildman–Crippen LogP) is 4.51. The fraction of sp³-hybridized carbons (Fsp3) is 1.00. The quantitative estimate of drug-likeness (QED) is 0.503. The van der Waals surface area contributed by atoms with Crippen molar-refractivity contribution in [1.82, 2.24) is 3.11 Å². The summed E-state index contributed by atoms with van der Waals surface area (Å²) in [6, 6.07) is 0.770. The molecule has 5 unspecified atom stereocenters. The summed E-state index contributed by atoms with van der Waals surface area (Å²) in [4.78, 5) is 0. The Morgan fingerprint density at radius 3 is 2.56 bits per heavy atom. The van der Waals surface area contributed by atoms with Gasteiger partial charge in [-0.25, -0.2) is 3.11 Å². The number of fused-ring (bicyclic) bond motifs is 1. The number of hydrogen-bond donors (Lipinski definition) is 0. The minimum absolute atomic E-state index is 0.770. The number of halogens is 1. The van der Waals surface area contributed by atoms with Crippen molar-refractivity contribution in [3.05, 3.63) is 0 Å². The van der Waals surface area contributed by atoms with Crippen LogP contribution in [0.25, 0.3) is 0 Å². The summed E-state index contributed by atoms with van der Waals surface area (Å²) in [6.45, 7) is 8.69. The zero-order valence-corrected chi connectivity index (χ0v) is 13.1. The molecule has 5 atom stereocenters. The van der Waals surface area contributed by atoms with Gasteiger partial charge < -0.3 is 0 Å². The standard InChI is InChI=1S/C14H26IN/c1-4-13-10(2)14-8-6-5-7-12(14)9-16(15)11(13)3/h10-14H,4-9H2,1-3H3. The molecule has 0 radical (unpaired) electrons. The van der Waals surface area contributed by atoms with Gasteiger partial charge in [-0.3, -0.25) is 0 Å². The largest absolute Gasteiger partial charge is 0.244 e. The second-order valence-corrected chi connectivity index (χ2v) is 7.20. The fourth-order valence-corrected chi connectivity index (χ4v) is 5.14. The van der Waals surface area contributed by atoms with Crippen LogP contribution in [0.3, 0.4) is 0 Å². The van der Waals surface area contributed by atoms with Crippen molar-refractivity contribution in [2.75, 3.05) is 6.54 Å². The van der Waals surface area contributed by atoms with E-state index in [9.17, 15) is 0 Å². The lowest BCUT2D eigenvalue weighted by Gasteiger charge is -2.36. The van der Waals surface area contributed by atoms with Gasteiger partial charge in [0.2, 0.25) is 0 Å². The summed E-state index contributed by atoms with van der Waals surface area (Å²) in [5, 5.41) is 0. The molecule has 2 rings (SSSR count). The van der Waals surface area contributed by atoms with Crippen LogP contribution in [-0.2, 0) is 0 Å². The van der Waals surface area contributed by atoms with E-state index < -0.39 is 0 Å². The highest BCUT2D eigenvalue weighted by atomic mass is 127. The van der Waals surface area contributed by atoms with E-state index in [1.54, 1.807) is 0 Å². The Bertz CT molecular complexity index is 231. The van der Waals surface area contributed by atoms with E-state index in [1.165, 1.54) is 38.6 Å². The smallest absolute Gasteiger partial charge is 0.0204 e. The van der Waals surface area contributed by atoms with Gasteiger partial charge in [0.05, 0.1) is 0 Å². The zero-order valence-electron chi connectivity index (χ0n) is 11.0. The van der Waals surface area contributed by atoms with Crippen LogP contribution in [0, 0.1) is 23.7 Å². The summed E-state index contributed by atoms with van der Waals surface area (Å²) < 4.78 is 2.61. The molecule has 0 aromatic rings. The monoisotopic (exact) mass is 335 g/mol. The molecule has 2 aliphatic rings. The molecule has 0 aromatic heterocycles. The first-order valence-electron chi connectivity index (χ1n) is 7.07. The van der Waals surface area contributed by atoms with Crippen LogP contribution in [0.2, 0.25) is 0 Å². The molecular weight excluding hydrogens is 309 g/mol. The van der Waals surface area contributed by atoms with Crippen LogP contribution in [0.1, 0.15) is 52.9 Å². The molecule has 0 N–H and O–H groups in total. The van der Waals surface area contributed by atoms with Crippen molar-refractivity contribution < 1.29 is 0 Å². The number of hydrogen-bond acceptors (Lipinski definition) is 1. The lowest BCUT2D eigenvalue weighted by Crippen LogP contribution is -2.32. The van der Waals surface area contributed by atoms with Crippen LogP contribution >= 0.6 is 22.9 Å². The Labute approximate surface area is 115 Å². The first kappa shape index (κ1) is 13.1. The molecule has 0 spiro atoms. The van der Waals surface area contributed by atoms with Gasteiger partial charge in [0.1, 0.15) is 0 Å². The maximum atomic E-state index is 2.61. The van der Waals surface area contributed by atoms with Crippen molar-refractivity contribution >= 4 is 22.9 Å². The molecule has 0 bridgehead atoms. The summed E-state index contributed by atoms with van der Waals surface area (Å²) in [6.07, 6.45) is 7.29. The Kier molecular flexibility index (Phi) is 4.56. The van der Waals surface area contributed by atoms with Gasteiger partial charge in [0, 0.05) is 35.5 Å². The molecule has 1 nitrogen and oxygen atoms in total. The maximum Gasteiger partial charge on any atom is 0.0204 e. The average molecular weight is 335 g/mol. The van der Waals surface area contributed by atoms with Gasteiger partial charge >= 0.3 is 0 Å². The SMILES string of the molecule is CCC1C(C)C2CCCCC2CN(I)C1C. The third-order valence-corrected chi connectivity index (χ3v) is 6.53. The van der Waals surface area contributed by atoms with Crippen molar-refractivity contribution in [2.24, 2.45) is 23.7 Å². The molecule has 2 fully saturated rings. The van der Waals surface area contributed by atoms with Crippen LogP contribution in [-0.4, -0.2) is 15.7 Å². The van der Waals surface area contributed by atoms with E-state index in [0.717, 1.165) is 29.7 Å². The Hall–Kier alpha value is 0.690. The number of nitrogens with zero attached hydrogens (tertiary/aromatic N) is 1. The highest BCUT2D eigenvalue weighted by Crippen LogP contribution is 2.44. The summed E-state index contributed by atoms with van der Waals surface area (Å²) in [7, 11) is 0. The minimum Gasteiger partial charge on any atom is -0.244 e. The first-order valence-corrected chi connectivity index (χ1v) is 8.04. The van der Waals surface area contributed by atoms with Crippen molar-refractivity contribution in [3.63, 3.8) is 0 Å². The van der Waals surface area contributed by atoms with E-state index in [-0.39, 0.29) is 0 Å². The first-order chi connectivity index (χ1) is 7.65. The topological polar surface area (TPSA) is 3.24 Å². The Morgan fingerprint density at radius 1 is 1.19 bits per heavy atom. The van der Waals surface area contributed by atoms with Crippen LogP contribution in [0.5, 0.6) is 0 Å². The van der Waals surface area contributed by atoms with Gasteiger partial charge in [-0.2, -0.15) is 0 Å². The van der Waals surface area contributed by atoms with Crippen LogP contribution in [0.4, 0.5) is 0 Å². The molecule has 1 saturated heterocycles. The molecule has 1 heterocycles. The van der Waals surface area contributed by atoms with E-state index >= 15 is 0 Å². The molecular formula is C14H26IN. The van der Waals surface area contributed by atoms with Gasteiger partial charge in [0.15, 0.2) is 0 Å². The predicted molar refractivity (Wildman–Crippen MR) is 78.6 cm³/mol. The second-order valence-electron chi connectivity index (χ2n) is 5.96.